The Morgan fingerprint density at radius 2 is 2.29 bits per heavy atom. The van der Waals surface area contributed by atoms with Crippen LogP contribution in [-0.2, 0) is 4.74 Å². The molecule has 0 bridgehead atoms. The third-order valence-electron chi connectivity index (χ3n) is 1.49. The summed E-state index contributed by atoms with van der Waals surface area (Å²) in [6.45, 7) is 0. The number of hydrogen-bond donors (Lipinski definition) is 1. The molecular weight excluding hydrogens is 208 g/mol. The van der Waals surface area contributed by atoms with Gasteiger partial charge in [0.1, 0.15) is 5.69 Å². The van der Waals surface area contributed by atoms with Gasteiger partial charge in [-0.25, -0.2) is 4.79 Å². The molecule has 0 aromatic carbocycles. The van der Waals surface area contributed by atoms with Gasteiger partial charge in [0.15, 0.2) is 4.64 Å². The smallest absolute Gasteiger partial charge is 0.354 e. The Kier molecular flexibility index (Phi) is 2.92. The summed E-state index contributed by atoms with van der Waals surface area (Å²) in [5.74, 6) is -0.619. The third kappa shape index (κ3) is 1.94. The molecule has 0 saturated carbocycles. The first-order valence-corrected chi connectivity index (χ1v) is 3.93. The highest BCUT2D eigenvalue weighted by atomic mass is 32.1. The van der Waals surface area contributed by atoms with Gasteiger partial charge in [-0.1, -0.05) is 12.2 Å². The molecule has 0 unspecified atom stereocenters. The minimum absolute atomic E-state index is 0.0862. The molecule has 74 valence electrons. The number of aromatic amines is 1. The van der Waals surface area contributed by atoms with Crippen LogP contribution < -0.4 is 0 Å². The topological polar surface area (TPSA) is 85.2 Å². The molecule has 1 N–H and O–H groups in total. The molecule has 1 aromatic rings. The van der Waals surface area contributed by atoms with Crippen LogP contribution in [0, 0.1) is 14.8 Å². The molecule has 14 heavy (non-hydrogen) atoms. The first-order chi connectivity index (χ1) is 6.56. The van der Waals surface area contributed by atoms with Gasteiger partial charge in [-0.05, 0) is 6.07 Å². The van der Waals surface area contributed by atoms with Gasteiger partial charge < -0.3 is 9.72 Å². The van der Waals surface area contributed by atoms with E-state index in [9.17, 15) is 14.9 Å². The van der Waals surface area contributed by atoms with Crippen molar-refractivity contribution in [1.29, 1.82) is 0 Å². The van der Waals surface area contributed by atoms with Crippen molar-refractivity contribution in [3.05, 3.63) is 32.6 Å². The van der Waals surface area contributed by atoms with Crippen molar-refractivity contribution < 1.29 is 14.5 Å². The predicted octanol–water partition coefficient (Wildman–Crippen LogP) is 1.44. The Hall–Kier alpha value is -1.76. The normalized spacial score (nSPS) is 9.50. The van der Waals surface area contributed by atoms with E-state index >= 15 is 0 Å². The summed E-state index contributed by atoms with van der Waals surface area (Å²) in [6.07, 6.45) is 0. The Labute approximate surface area is 83.7 Å². The van der Waals surface area contributed by atoms with Gasteiger partial charge in [0.2, 0.25) is 0 Å². The highest BCUT2D eigenvalue weighted by Crippen LogP contribution is 2.12. The van der Waals surface area contributed by atoms with Crippen LogP contribution in [0.3, 0.4) is 0 Å². The van der Waals surface area contributed by atoms with Crippen LogP contribution >= 0.6 is 12.2 Å². The highest BCUT2D eigenvalue weighted by Gasteiger charge is 2.12. The molecule has 1 rings (SSSR count). The number of esters is 1. The first-order valence-electron chi connectivity index (χ1n) is 3.52. The summed E-state index contributed by atoms with van der Waals surface area (Å²) in [5.41, 5.74) is -0.157. The summed E-state index contributed by atoms with van der Waals surface area (Å²) >= 11 is 4.68. The third-order valence-corrected chi connectivity index (χ3v) is 1.80. The predicted molar refractivity (Wildman–Crippen MR) is 49.6 cm³/mol. The van der Waals surface area contributed by atoms with Gasteiger partial charge in [0.25, 0.3) is 0 Å². The van der Waals surface area contributed by atoms with E-state index in [1.807, 2.05) is 0 Å². The fourth-order valence-corrected chi connectivity index (χ4v) is 1.09. The number of H-pyrrole nitrogens is 1. The fourth-order valence-electron chi connectivity index (χ4n) is 0.839. The van der Waals surface area contributed by atoms with Gasteiger partial charge in [-0.15, -0.1) is 0 Å². The van der Waals surface area contributed by atoms with Crippen LogP contribution in [0.5, 0.6) is 0 Å². The average Bonchev–Trinajstić information content (AvgIpc) is 2.15. The van der Waals surface area contributed by atoms with Crippen molar-refractivity contribution >= 4 is 23.9 Å². The molecule has 1 aromatic heterocycles. The largest absolute Gasteiger partial charge is 0.464 e. The molecule has 0 spiro atoms. The second-order valence-electron chi connectivity index (χ2n) is 2.34. The number of nitrogens with zero attached hydrogens (tertiary/aromatic N) is 1. The van der Waals surface area contributed by atoms with E-state index in [0.29, 0.717) is 0 Å². The van der Waals surface area contributed by atoms with Crippen LogP contribution in [0.1, 0.15) is 10.5 Å². The van der Waals surface area contributed by atoms with Gasteiger partial charge >= 0.3 is 11.7 Å². The first kappa shape index (κ1) is 10.3. The number of ether oxygens (including phenoxy) is 1. The van der Waals surface area contributed by atoms with Crippen molar-refractivity contribution in [2.45, 2.75) is 0 Å². The maximum atomic E-state index is 11.0. The van der Waals surface area contributed by atoms with Gasteiger partial charge in [-0.3, -0.25) is 10.1 Å². The fraction of sp³-hybridized carbons (Fsp3) is 0.143. The summed E-state index contributed by atoms with van der Waals surface area (Å²) in [5, 5.41) is 10.4. The number of carbonyl (C=O) groups is 1. The van der Waals surface area contributed by atoms with E-state index in [0.717, 1.165) is 6.07 Å². The van der Waals surface area contributed by atoms with Gasteiger partial charge in [0, 0.05) is 6.07 Å². The van der Waals surface area contributed by atoms with E-state index in [1.54, 1.807) is 0 Å². The number of nitrogens with one attached hydrogen (secondary N) is 1. The molecule has 0 aliphatic carbocycles. The zero-order chi connectivity index (χ0) is 10.7. The molecule has 0 amide bonds. The number of pyridine rings is 1. The van der Waals surface area contributed by atoms with Crippen molar-refractivity contribution in [3.8, 4) is 0 Å². The SMILES string of the molecule is COC(=O)c1ccc([N+](=O)[O-])c(=S)[nH]1. The molecule has 0 saturated heterocycles. The number of rotatable bonds is 2. The summed E-state index contributed by atoms with van der Waals surface area (Å²) in [6, 6.07) is 2.41. The molecule has 7 heteroatoms. The lowest BCUT2D eigenvalue weighted by atomic mass is 10.3. The van der Waals surface area contributed by atoms with Crippen molar-refractivity contribution in [2.75, 3.05) is 7.11 Å². The van der Waals surface area contributed by atoms with E-state index in [2.05, 4.69) is 21.9 Å². The van der Waals surface area contributed by atoms with Crippen molar-refractivity contribution in [1.82, 2.24) is 4.98 Å². The molecule has 0 aliphatic heterocycles. The van der Waals surface area contributed by atoms with E-state index in [-0.39, 0.29) is 16.0 Å². The lowest BCUT2D eigenvalue weighted by Gasteiger charge is -1.98. The number of hydrogen-bond acceptors (Lipinski definition) is 5. The molecule has 0 radical (unpaired) electrons. The Bertz CT molecular complexity index is 440. The summed E-state index contributed by atoms with van der Waals surface area (Å²) < 4.78 is 4.31. The van der Waals surface area contributed by atoms with E-state index in [1.165, 1.54) is 13.2 Å². The molecule has 6 nitrogen and oxygen atoms in total. The second kappa shape index (κ2) is 3.97. The number of nitro groups is 1. The van der Waals surface area contributed by atoms with Crippen molar-refractivity contribution in [2.24, 2.45) is 0 Å². The minimum Gasteiger partial charge on any atom is -0.464 e. The quantitative estimate of drug-likeness (QED) is 0.348. The van der Waals surface area contributed by atoms with Crippen molar-refractivity contribution in [3.63, 3.8) is 0 Å². The van der Waals surface area contributed by atoms with E-state index < -0.39 is 10.9 Å². The lowest BCUT2D eigenvalue weighted by molar-refractivity contribution is -0.385. The number of aromatic nitrogens is 1. The van der Waals surface area contributed by atoms with Gasteiger partial charge in [-0.2, -0.15) is 0 Å². The summed E-state index contributed by atoms with van der Waals surface area (Å²) in [4.78, 5) is 23.1. The standard InChI is InChI=1S/C7H6N2O4S/c1-13-7(10)4-2-3-5(9(11)12)6(14)8-4/h2-3H,1H3,(H,8,14). The van der Waals surface area contributed by atoms with Crippen LogP contribution in [0.2, 0.25) is 0 Å². The molecule has 1 heterocycles. The maximum absolute atomic E-state index is 11.0. The second-order valence-corrected chi connectivity index (χ2v) is 2.74. The van der Waals surface area contributed by atoms with Crippen LogP contribution in [-0.4, -0.2) is 23.0 Å². The van der Waals surface area contributed by atoms with E-state index in [4.69, 9.17) is 0 Å². The summed E-state index contributed by atoms with van der Waals surface area (Å²) in [7, 11) is 1.21. The van der Waals surface area contributed by atoms with Crippen LogP contribution in [0.4, 0.5) is 5.69 Å². The van der Waals surface area contributed by atoms with Gasteiger partial charge in [0.05, 0.1) is 12.0 Å². The lowest BCUT2D eigenvalue weighted by Crippen LogP contribution is -2.04. The molecule has 0 fully saturated rings. The van der Waals surface area contributed by atoms with Crippen LogP contribution in [0.25, 0.3) is 0 Å². The zero-order valence-corrected chi connectivity index (χ0v) is 7.96. The maximum Gasteiger partial charge on any atom is 0.354 e. The molecular formula is C7H6N2O4S. The Morgan fingerprint density at radius 3 is 2.71 bits per heavy atom. The zero-order valence-electron chi connectivity index (χ0n) is 7.14. The number of carbonyl (C=O) groups excluding carboxylic acids is 1. The average molecular weight is 214 g/mol. The monoisotopic (exact) mass is 214 g/mol. The Morgan fingerprint density at radius 1 is 1.64 bits per heavy atom. The Balaban J connectivity index is 3.20. The highest BCUT2D eigenvalue weighted by molar-refractivity contribution is 7.71. The number of methoxy groups -OCH3 is 1. The molecule has 0 atom stereocenters. The minimum atomic E-state index is -0.625. The van der Waals surface area contributed by atoms with Crippen LogP contribution in [0.15, 0.2) is 12.1 Å². The molecule has 0 aliphatic rings.